The van der Waals surface area contributed by atoms with Crippen LogP contribution >= 0.6 is 11.3 Å². The Balaban J connectivity index is 1.90. The average Bonchev–Trinajstić information content (AvgIpc) is 3.08. The summed E-state index contributed by atoms with van der Waals surface area (Å²) < 4.78 is 1.71. The minimum absolute atomic E-state index is 0.0310. The van der Waals surface area contributed by atoms with Gasteiger partial charge in [-0.1, -0.05) is 23.3 Å². The summed E-state index contributed by atoms with van der Waals surface area (Å²) in [4.78, 5) is 18.0. The van der Waals surface area contributed by atoms with Crippen molar-refractivity contribution >= 4 is 39.1 Å². The van der Waals surface area contributed by atoms with Crippen molar-refractivity contribution < 1.29 is 9.90 Å². The first kappa shape index (κ1) is 17.1. The van der Waals surface area contributed by atoms with E-state index in [1.165, 1.54) is 11.3 Å². The van der Waals surface area contributed by atoms with E-state index in [1.54, 1.807) is 4.57 Å². The highest BCUT2D eigenvalue weighted by atomic mass is 32.1. The predicted octanol–water partition coefficient (Wildman–Crippen LogP) is 3.95. The van der Waals surface area contributed by atoms with Crippen LogP contribution < -0.4 is 5.32 Å². The van der Waals surface area contributed by atoms with Gasteiger partial charge in [-0.25, -0.2) is 9.78 Å². The number of nitrogens with zero attached hydrogens (tertiary/aromatic N) is 5. The molecular weight excluding hydrogens is 340 g/mol. The molecular formula is C16H18N6O2S. The molecule has 8 nitrogen and oxygen atoms in total. The summed E-state index contributed by atoms with van der Waals surface area (Å²) in [7, 11) is 3.80. The molecule has 0 saturated carbocycles. The minimum atomic E-state index is -0.641. The van der Waals surface area contributed by atoms with Crippen LogP contribution in [0.2, 0.25) is 0 Å². The van der Waals surface area contributed by atoms with Crippen molar-refractivity contribution in [2.45, 2.75) is 13.6 Å². The quantitative estimate of drug-likeness (QED) is 0.690. The largest absolute Gasteiger partial charge is 0.493 e. The topological polar surface area (TPSA) is 95.1 Å². The van der Waals surface area contributed by atoms with Gasteiger partial charge in [0.1, 0.15) is 0 Å². The molecule has 3 aromatic rings. The minimum Gasteiger partial charge on any atom is -0.493 e. The predicted molar refractivity (Wildman–Crippen MR) is 97.7 cm³/mol. The zero-order valence-corrected chi connectivity index (χ0v) is 14.9. The number of azo groups is 1. The molecule has 0 unspecified atom stereocenters. The second-order valence-corrected chi connectivity index (χ2v) is 6.62. The molecule has 130 valence electrons. The highest BCUT2D eigenvalue weighted by Gasteiger charge is 2.17. The lowest BCUT2D eigenvalue weighted by atomic mass is 10.2. The van der Waals surface area contributed by atoms with Gasteiger partial charge in [-0.05, 0) is 27.1 Å². The van der Waals surface area contributed by atoms with Crippen molar-refractivity contribution in [3.63, 3.8) is 0 Å². The summed E-state index contributed by atoms with van der Waals surface area (Å²) >= 11 is 1.31. The highest BCUT2D eigenvalue weighted by Crippen LogP contribution is 2.38. The van der Waals surface area contributed by atoms with Crippen LogP contribution in [0.5, 0.6) is 5.88 Å². The molecule has 25 heavy (non-hydrogen) atoms. The average molecular weight is 358 g/mol. The first-order chi connectivity index (χ1) is 12.0. The summed E-state index contributed by atoms with van der Waals surface area (Å²) in [6.45, 7) is 2.32. The van der Waals surface area contributed by atoms with Gasteiger partial charge in [0.2, 0.25) is 5.88 Å². The Hall–Kier alpha value is -2.78. The molecule has 2 aromatic heterocycles. The van der Waals surface area contributed by atoms with Gasteiger partial charge in [-0.3, -0.25) is 14.8 Å². The lowest BCUT2D eigenvalue weighted by molar-refractivity contribution is 0.258. The molecule has 0 atom stereocenters. The maximum atomic E-state index is 11.9. The van der Waals surface area contributed by atoms with Gasteiger partial charge in [0, 0.05) is 10.8 Å². The zero-order valence-electron chi connectivity index (χ0n) is 14.1. The number of aromatic hydroxyl groups is 1. The number of fused-ring (bicyclic) bond motifs is 1. The van der Waals surface area contributed by atoms with Crippen molar-refractivity contribution in [2.75, 3.05) is 19.4 Å². The van der Waals surface area contributed by atoms with Crippen LogP contribution in [-0.2, 0) is 6.67 Å². The molecule has 3 rings (SSSR count). The number of benzene rings is 1. The van der Waals surface area contributed by atoms with Crippen LogP contribution in [-0.4, -0.2) is 39.7 Å². The van der Waals surface area contributed by atoms with Crippen LogP contribution in [0.1, 0.15) is 5.69 Å². The van der Waals surface area contributed by atoms with Gasteiger partial charge in [0.15, 0.2) is 10.8 Å². The Labute approximate surface area is 148 Å². The van der Waals surface area contributed by atoms with Crippen molar-refractivity contribution in [1.29, 1.82) is 0 Å². The monoisotopic (exact) mass is 358 g/mol. The van der Waals surface area contributed by atoms with E-state index in [9.17, 15) is 9.90 Å². The Morgan fingerprint density at radius 1 is 1.40 bits per heavy atom. The van der Waals surface area contributed by atoms with E-state index in [2.05, 4.69) is 20.5 Å². The maximum absolute atomic E-state index is 11.9. The first-order valence-electron chi connectivity index (χ1n) is 7.55. The normalized spacial score (nSPS) is 11.7. The third-order valence-corrected chi connectivity index (χ3v) is 4.29. The number of aromatic nitrogens is 2. The smallest absolute Gasteiger partial charge is 0.365 e. The Morgan fingerprint density at radius 3 is 2.84 bits per heavy atom. The third-order valence-electron chi connectivity index (χ3n) is 3.42. The van der Waals surface area contributed by atoms with Crippen molar-refractivity contribution in [2.24, 2.45) is 10.2 Å². The van der Waals surface area contributed by atoms with Gasteiger partial charge < -0.3 is 5.11 Å². The lowest BCUT2D eigenvalue weighted by Crippen LogP contribution is -2.16. The van der Waals surface area contributed by atoms with Crippen LogP contribution in [0.15, 0.2) is 39.9 Å². The van der Waals surface area contributed by atoms with E-state index in [-0.39, 0.29) is 11.6 Å². The molecule has 0 fully saturated rings. The van der Waals surface area contributed by atoms with Crippen LogP contribution in [0.4, 0.5) is 15.6 Å². The molecule has 0 bridgehead atoms. The van der Waals surface area contributed by atoms with E-state index in [4.69, 9.17) is 0 Å². The van der Waals surface area contributed by atoms with Gasteiger partial charge in [-0.15, -0.1) is 16.5 Å². The number of hydrogen-bond donors (Lipinski definition) is 2. The number of urea groups is 1. The molecule has 0 aliphatic heterocycles. The van der Waals surface area contributed by atoms with E-state index < -0.39 is 6.03 Å². The van der Waals surface area contributed by atoms with Crippen molar-refractivity contribution in [3.8, 4) is 5.88 Å². The molecule has 2 amide bonds. The van der Waals surface area contributed by atoms with Gasteiger partial charge >= 0.3 is 6.03 Å². The molecule has 9 heteroatoms. The number of amides is 2. The van der Waals surface area contributed by atoms with E-state index >= 15 is 0 Å². The zero-order chi connectivity index (χ0) is 18.0. The number of hydrogen-bond acceptors (Lipinski definition) is 6. The number of anilines is 1. The number of carbonyl (C=O) groups excluding carboxylic acids is 1. The number of rotatable bonds is 4. The summed E-state index contributed by atoms with van der Waals surface area (Å²) in [6.07, 6.45) is 0. The SMILES string of the molecule is Cc1csc(NC(=O)N=Nc2c(O)n(CN(C)C)c3ccccc23)n1. The molecule has 0 aliphatic rings. The maximum Gasteiger partial charge on any atom is 0.365 e. The fraction of sp³-hybridized carbons (Fsp3) is 0.250. The molecule has 1 aromatic carbocycles. The number of carbonyl (C=O) groups is 1. The number of para-hydroxylation sites is 1. The summed E-state index contributed by atoms with van der Waals surface area (Å²) in [6, 6.07) is 6.80. The second-order valence-electron chi connectivity index (χ2n) is 5.76. The fourth-order valence-electron chi connectivity index (χ4n) is 2.42. The number of nitrogens with one attached hydrogen (secondary N) is 1. The molecule has 0 radical (unpaired) electrons. The summed E-state index contributed by atoms with van der Waals surface area (Å²) in [5.74, 6) is -0.0310. The summed E-state index contributed by atoms with van der Waals surface area (Å²) in [5.41, 5.74) is 1.91. The Kier molecular flexibility index (Phi) is 4.77. The van der Waals surface area contributed by atoms with E-state index in [1.807, 2.05) is 55.6 Å². The molecule has 2 N–H and O–H groups in total. The van der Waals surface area contributed by atoms with Gasteiger partial charge in [0.25, 0.3) is 0 Å². The van der Waals surface area contributed by atoms with E-state index in [0.29, 0.717) is 11.8 Å². The Bertz CT molecular complexity index is 943. The van der Waals surface area contributed by atoms with Crippen molar-refractivity contribution in [3.05, 3.63) is 35.3 Å². The standard InChI is InChI=1S/C16H18N6O2S/c1-10-8-25-16(17-10)18-15(24)20-19-13-11-6-4-5-7-12(11)22(14(13)23)9-21(2)3/h4-8,23H,9H2,1-3H3,(H,17,18,24). The third kappa shape index (κ3) is 3.67. The molecule has 2 heterocycles. The van der Waals surface area contributed by atoms with Gasteiger partial charge in [0.05, 0.1) is 17.9 Å². The van der Waals surface area contributed by atoms with Crippen molar-refractivity contribution in [1.82, 2.24) is 14.5 Å². The van der Waals surface area contributed by atoms with E-state index in [0.717, 1.165) is 16.6 Å². The Morgan fingerprint density at radius 2 is 2.16 bits per heavy atom. The molecule has 0 spiro atoms. The number of thiazole rings is 1. The van der Waals surface area contributed by atoms with Crippen LogP contribution in [0.25, 0.3) is 10.9 Å². The van der Waals surface area contributed by atoms with Crippen LogP contribution in [0, 0.1) is 6.92 Å². The first-order valence-corrected chi connectivity index (χ1v) is 8.43. The molecule has 0 aliphatic carbocycles. The number of aryl methyl sites for hydroxylation is 1. The molecule has 0 saturated heterocycles. The van der Waals surface area contributed by atoms with Gasteiger partial charge in [-0.2, -0.15) is 0 Å². The second kappa shape index (κ2) is 6.99. The lowest BCUT2D eigenvalue weighted by Gasteiger charge is -2.12. The summed E-state index contributed by atoms with van der Waals surface area (Å²) in [5, 5.41) is 23.7. The fourth-order valence-corrected chi connectivity index (χ4v) is 3.10. The van der Waals surface area contributed by atoms with Crippen LogP contribution in [0.3, 0.4) is 0 Å². The highest BCUT2D eigenvalue weighted by molar-refractivity contribution is 7.13.